The number of hydrogen-bond acceptors (Lipinski definition) is 3. The van der Waals surface area contributed by atoms with Crippen molar-refractivity contribution in [3.8, 4) is 0 Å². The summed E-state index contributed by atoms with van der Waals surface area (Å²) in [7, 11) is 0. The van der Waals surface area contributed by atoms with Gasteiger partial charge in [-0.05, 0) is 32.9 Å². The fourth-order valence-electron chi connectivity index (χ4n) is 2.71. The van der Waals surface area contributed by atoms with Crippen molar-refractivity contribution >= 4 is 11.6 Å². The van der Waals surface area contributed by atoms with Crippen LogP contribution in [0.4, 0.5) is 5.69 Å². The number of hydrogen-bond donors (Lipinski definition) is 0. The Morgan fingerprint density at radius 3 is 2.56 bits per heavy atom. The number of fused-ring (bicyclic) bond motifs is 2. The van der Waals surface area contributed by atoms with Crippen LogP contribution in [0.5, 0.6) is 0 Å². The lowest BCUT2D eigenvalue weighted by Gasteiger charge is -2.24. The van der Waals surface area contributed by atoms with Gasteiger partial charge < -0.3 is 14.4 Å². The van der Waals surface area contributed by atoms with Crippen LogP contribution < -0.4 is 4.90 Å². The summed E-state index contributed by atoms with van der Waals surface area (Å²) in [6.45, 7) is 6.92. The van der Waals surface area contributed by atoms with E-state index in [0.29, 0.717) is 13.2 Å². The summed E-state index contributed by atoms with van der Waals surface area (Å²) in [5.41, 5.74) is 2.85. The molecule has 1 fully saturated rings. The number of nitrogens with zero attached hydrogens (tertiary/aromatic N) is 1. The van der Waals surface area contributed by atoms with Gasteiger partial charge in [-0.1, -0.05) is 11.6 Å². The molecule has 0 bridgehead atoms. The number of ether oxygens (including phenoxy) is 2. The number of carbonyl (C=O) groups is 1. The lowest BCUT2D eigenvalue weighted by molar-refractivity contribution is -0.181. The maximum absolute atomic E-state index is 12.6. The Balaban J connectivity index is 2.21. The van der Waals surface area contributed by atoms with Gasteiger partial charge in [0.25, 0.3) is 11.7 Å². The molecule has 0 aromatic heterocycles. The highest BCUT2D eigenvalue weighted by Crippen LogP contribution is 2.46. The van der Waals surface area contributed by atoms with Gasteiger partial charge in [-0.25, -0.2) is 0 Å². The van der Waals surface area contributed by atoms with Crippen LogP contribution in [0.1, 0.15) is 25.0 Å². The molecular weight excluding hydrogens is 230 g/mol. The molecule has 0 N–H and O–H groups in total. The highest BCUT2D eigenvalue weighted by atomic mass is 16.7. The summed E-state index contributed by atoms with van der Waals surface area (Å²) in [5, 5.41) is 0. The molecule has 2 aliphatic heterocycles. The molecule has 1 amide bonds. The van der Waals surface area contributed by atoms with Crippen LogP contribution in [-0.4, -0.2) is 25.2 Å². The first-order chi connectivity index (χ1) is 8.56. The van der Waals surface area contributed by atoms with Crippen molar-refractivity contribution in [2.24, 2.45) is 0 Å². The lowest BCUT2D eigenvalue weighted by Crippen LogP contribution is -2.44. The van der Waals surface area contributed by atoms with Crippen molar-refractivity contribution in [1.82, 2.24) is 0 Å². The van der Waals surface area contributed by atoms with Crippen LogP contribution in [0.2, 0.25) is 0 Å². The molecular formula is C14H17NO3. The predicted molar refractivity (Wildman–Crippen MR) is 67.4 cm³/mol. The minimum Gasteiger partial charge on any atom is -0.336 e. The Labute approximate surface area is 106 Å². The normalized spacial score (nSPS) is 21.1. The first-order valence-electron chi connectivity index (χ1n) is 6.29. The van der Waals surface area contributed by atoms with E-state index in [-0.39, 0.29) is 11.9 Å². The van der Waals surface area contributed by atoms with Gasteiger partial charge in [0, 0.05) is 11.6 Å². The van der Waals surface area contributed by atoms with E-state index in [2.05, 4.69) is 0 Å². The minimum absolute atomic E-state index is 0.0890. The Bertz CT molecular complexity index is 504. The molecule has 96 valence electrons. The smallest absolute Gasteiger partial charge is 0.292 e. The molecule has 0 radical (unpaired) electrons. The predicted octanol–water partition coefficient (Wildman–Crippen LogP) is 1.95. The minimum atomic E-state index is -1.19. The van der Waals surface area contributed by atoms with Crippen LogP contribution in [0, 0.1) is 6.92 Å². The van der Waals surface area contributed by atoms with E-state index in [1.807, 2.05) is 39.0 Å². The third-order valence-electron chi connectivity index (χ3n) is 3.48. The van der Waals surface area contributed by atoms with Crippen LogP contribution in [-0.2, 0) is 20.1 Å². The fourth-order valence-corrected chi connectivity index (χ4v) is 2.71. The SMILES string of the molecule is Cc1ccc2c(c1)C1(OCCO1)C(=O)N2C(C)C. The van der Waals surface area contributed by atoms with Crippen molar-refractivity contribution in [2.75, 3.05) is 18.1 Å². The van der Waals surface area contributed by atoms with Crippen molar-refractivity contribution in [1.29, 1.82) is 0 Å². The second kappa shape index (κ2) is 3.80. The number of carbonyl (C=O) groups excluding carboxylic acids is 1. The molecule has 2 heterocycles. The molecule has 1 aromatic carbocycles. The zero-order chi connectivity index (χ0) is 12.9. The summed E-state index contributed by atoms with van der Waals surface area (Å²) in [6, 6.07) is 6.06. The number of aryl methyl sites for hydroxylation is 1. The Hall–Kier alpha value is -1.39. The Morgan fingerprint density at radius 1 is 1.28 bits per heavy atom. The molecule has 4 nitrogen and oxygen atoms in total. The zero-order valence-corrected chi connectivity index (χ0v) is 10.9. The summed E-state index contributed by atoms with van der Waals surface area (Å²) < 4.78 is 11.3. The topological polar surface area (TPSA) is 38.8 Å². The maximum Gasteiger partial charge on any atom is 0.292 e. The van der Waals surface area contributed by atoms with Gasteiger partial charge >= 0.3 is 0 Å². The fraction of sp³-hybridized carbons (Fsp3) is 0.500. The van der Waals surface area contributed by atoms with E-state index < -0.39 is 5.79 Å². The first-order valence-corrected chi connectivity index (χ1v) is 6.29. The van der Waals surface area contributed by atoms with Crippen molar-refractivity contribution < 1.29 is 14.3 Å². The third-order valence-corrected chi connectivity index (χ3v) is 3.48. The molecule has 3 rings (SSSR count). The highest BCUT2D eigenvalue weighted by Gasteiger charge is 2.56. The molecule has 0 unspecified atom stereocenters. The highest BCUT2D eigenvalue weighted by molar-refractivity contribution is 6.06. The average Bonchev–Trinajstić information content (AvgIpc) is 2.88. The number of benzene rings is 1. The maximum atomic E-state index is 12.6. The van der Waals surface area contributed by atoms with Crippen LogP contribution >= 0.6 is 0 Å². The average molecular weight is 247 g/mol. The first kappa shape index (κ1) is 11.7. The second-order valence-electron chi connectivity index (χ2n) is 5.10. The van der Waals surface area contributed by atoms with E-state index in [4.69, 9.17) is 9.47 Å². The molecule has 0 aliphatic carbocycles. The van der Waals surface area contributed by atoms with Crippen molar-refractivity contribution in [3.63, 3.8) is 0 Å². The molecule has 1 saturated heterocycles. The number of rotatable bonds is 1. The molecule has 0 atom stereocenters. The van der Waals surface area contributed by atoms with Gasteiger partial charge in [0.05, 0.1) is 18.9 Å². The van der Waals surface area contributed by atoms with E-state index >= 15 is 0 Å². The zero-order valence-electron chi connectivity index (χ0n) is 10.9. The molecule has 18 heavy (non-hydrogen) atoms. The Kier molecular flexibility index (Phi) is 2.47. The van der Waals surface area contributed by atoms with Gasteiger partial charge in [-0.15, -0.1) is 0 Å². The van der Waals surface area contributed by atoms with Gasteiger partial charge in [-0.2, -0.15) is 0 Å². The van der Waals surface area contributed by atoms with Crippen LogP contribution in [0.15, 0.2) is 18.2 Å². The van der Waals surface area contributed by atoms with Crippen molar-refractivity contribution in [2.45, 2.75) is 32.6 Å². The number of amides is 1. The molecule has 2 aliphatic rings. The Morgan fingerprint density at radius 2 is 1.94 bits per heavy atom. The monoisotopic (exact) mass is 247 g/mol. The molecule has 1 aromatic rings. The third kappa shape index (κ3) is 1.36. The van der Waals surface area contributed by atoms with E-state index in [1.165, 1.54) is 0 Å². The van der Waals surface area contributed by atoms with Crippen molar-refractivity contribution in [3.05, 3.63) is 29.3 Å². The van der Waals surface area contributed by atoms with Crippen LogP contribution in [0.25, 0.3) is 0 Å². The van der Waals surface area contributed by atoms with Crippen LogP contribution in [0.3, 0.4) is 0 Å². The van der Waals surface area contributed by atoms with Gasteiger partial charge in [0.15, 0.2) is 0 Å². The molecule has 4 heteroatoms. The number of anilines is 1. The van der Waals surface area contributed by atoms with E-state index in [0.717, 1.165) is 16.8 Å². The van der Waals surface area contributed by atoms with Gasteiger partial charge in [0.2, 0.25) is 0 Å². The van der Waals surface area contributed by atoms with E-state index in [9.17, 15) is 4.79 Å². The standard InChI is InChI=1S/C14H17NO3/c1-9(2)15-12-5-4-10(3)8-11(12)14(13(15)16)17-6-7-18-14/h4-5,8-9H,6-7H2,1-3H3. The summed E-state index contributed by atoms with van der Waals surface area (Å²) in [5.74, 6) is -1.29. The summed E-state index contributed by atoms with van der Waals surface area (Å²) in [4.78, 5) is 14.4. The largest absolute Gasteiger partial charge is 0.336 e. The van der Waals surface area contributed by atoms with Gasteiger partial charge in [-0.3, -0.25) is 4.79 Å². The van der Waals surface area contributed by atoms with E-state index in [1.54, 1.807) is 4.90 Å². The quantitative estimate of drug-likeness (QED) is 0.761. The second-order valence-corrected chi connectivity index (χ2v) is 5.10. The summed E-state index contributed by atoms with van der Waals surface area (Å²) >= 11 is 0. The van der Waals surface area contributed by atoms with Gasteiger partial charge in [0.1, 0.15) is 0 Å². The molecule has 0 saturated carbocycles. The lowest BCUT2D eigenvalue weighted by atomic mass is 10.0. The summed E-state index contributed by atoms with van der Waals surface area (Å²) in [6.07, 6.45) is 0. The molecule has 1 spiro atoms.